The number of epoxide rings is 1. The van der Waals surface area contributed by atoms with Crippen molar-refractivity contribution in [1.82, 2.24) is 9.97 Å². The molecule has 0 bridgehead atoms. The fourth-order valence-corrected chi connectivity index (χ4v) is 1.79. The van der Waals surface area contributed by atoms with E-state index in [1.807, 2.05) is 6.07 Å². The monoisotopic (exact) mass is 244 g/mol. The van der Waals surface area contributed by atoms with Gasteiger partial charge in [-0.2, -0.15) is 0 Å². The molecule has 0 saturated carbocycles. The van der Waals surface area contributed by atoms with Crippen molar-refractivity contribution in [3.05, 3.63) is 36.2 Å². The van der Waals surface area contributed by atoms with Gasteiger partial charge >= 0.3 is 0 Å². The summed E-state index contributed by atoms with van der Waals surface area (Å²) in [5, 5.41) is 18.9. The number of phenols is 1. The number of aromatic nitrogens is 2. The summed E-state index contributed by atoms with van der Waals surface area (Å²) in [5.74, 6) is 0.808. The predicted octanol–water partition coefficient (Wildman–Crippen LogP) is 1.50. The van der Waals surface area contributed by atoms with Crippen molar-refractivity contribution in [3.63, 3.8) is 0 Å². The van der Waals surface area contributed by atoms with E-state index in [-0.39, 0.29) is 17.6 Å². The minimum atomic E-state index is 0.0316. The normalized spacial score (nSPS) is 17.7. The second kappa shape index (κ2) is 4.27. The molecule has 0 spiro atoms. The molecule has 0 unspecified atom stereocenters. The van der Waals surface area contributed by atoms with E-state index < -0.39 is 0 Å². The van der Waals surface area contributed by atoms with E-state index in [2.05, 4.69) is 9.97 Å². The van der Waals surface area contributed by atoms with Crippen LogP contribution in [0.1, 0.15) is 5.56 Å². The lowest BCUT2D eigenvalue weighted by molar-refractivity contribution is 0.402. The van der Waals surface area contributed by atoms with Gasteiger partial charge in [0.1, 0.15) is 5.75 Å². The molecule has 1 aliphatic rings. The zero-order chi connectivity index (χ0) is 12.5. The fourth-order valence-electron chi connectivity index (χ4n) is 1.79. The average Bonchev–Trinajstić information content (AvgIpc) is 3.17. The van der Waals surface area contributed by atoms with E-state index in [1.165, 1.54) is 12.4 Å². The van der Waals surface area contributed by atoms with Gasteiger partial charge in [-0.15, -0.1) is 0 Å². The van der Waals surface area contributed by atoms with Crippen LogP contribution < -0.4 is 0 Å². The second-order valence-electron chi connectivity index (χ2n) is 4.27. The van der Waals surface area contributed by atoms with Gasteiger partial charge in [-0.3, -0.25) is 0 Å². The van der Waals surface area contributed by atoms with E-state index in [1.54, 1.807) is 12.1 Å². The van der Waals surface area contributed by atoms with E-state index in [9.17, 15) is 5.11 Å². The summed E-state index contributed by atoms with van der Waals surface area (Å²) in [7, 11) is 0. The maximum atomic E-state index is 9.77. The van der Waals surface area contributed by atoms with Crippen molar-refractivity contribution in [2.75, 3.05) is 6.61 Å². The van der Waals surface area contributed by atoms with Gasteiger partial charge in [0, 0.05) is 12.0 Å². The minimum absolute atomic E-state index is 0.0316. The van der Waals surface area contributed by atoms with Gasteiger partial charge in [0.05, 0.1) is 25.1 Å². The Morgan fingerprint density at radius 2 is 1.94 bits per heavy atom. The van der Waals surface area contributed by atoms with E-state index in [0.717, 1.165) is 17.7 Å². The largest absolute Gasteiger partial charge is 0.508 e. The van der Waals surface area contributed by atoms with Crippen molar-refractivity contribution < 1.29 is 14.9 Å². The highest BCUT2D eigenvalue weighted by molar-refractivity contribution is 5.58. The Kier molecular flexibility index (Phi) is 2.60. The van der Waals surface area contributed by atoms with Crippen LogP contribution in [0.25, 0.3) is 11.4 Å². The Morgan fingerprint density at radius 1 is 1.22 bits per heavy atom. The van der Waals surface area contributed by atoms with Gasteiger partial charge in [0.25, 0.3) is 0 Å². The first kappa shape index (κ1) is 11.0. The van der Waals surface area contributed by atoms with Crippen LogP contribution in [0.5, 0.6) is 11.5 Å². The molecule has 0 aliphatic carbocycles. The smallest absolute Gasteiger partial charge is 0.159 e. The summed E-state index contributed by atoms with van der Waals surface area (Å²) in [4.78, 5) is 8.08. The highest BCUT2D eigenvalue weighted by atomic mass is 16.6. The number of ether oxygens (including phenoxy) is 1. The molecule has 0 amide bonds. The number of rotatable bonds is 3. The topological polar surface area (TPSA) is 78.8 Å². The molecular formula is C13H12N2O3. The second-order valence-corrected chi connectivity index (χ2v) is 4.27. The highest BCUT2D eigenvalue weighted by Gasteiger charge is 2.24. The molecule has 2 N–H and O–H groups in total. The van der Waals surface area contributed by atoms with E-state index in [4.69, 9.17) is 9.84 Å². The Labute approximate surface area is 104 Å². The Balaban J connectivity index is 1.93. The maximum absolute atomic E-state index is 9.77. The first-order valence-corrected chi connectivity index (χ1v) is 5.67. The van der Waals surface area contributed by atoms with Crippen LogP contribution in [0.15, 0.2) is 30.6 Å². The van der Waals surface area contributed by atoms with Crippen LogP contribution in [0.2, 0.25) is 0 Å². The van der Waals surface area contributed by atoms with Gasteiger partial charge in [-0.25, -0.2) is 9.97 Å². The summed E-state index contributed by atoms with van der Waals surface area (Å²) in [6.45, 7) is 0.749. The lowest BCUT2D eigenvalue weighted by atomic mass is 10.0. The molecular weight excluding hydrogens is 232 g/mol. The first-order valence-electron chi connectivity index (χ1n) is 5.67. The van der Waals surface area contributed by atoms with Gasteiger partial charge in [-0.05, 0) is 23.8 Å². The predicted molar refractivity (Wildman–Crippen MR) is 64.2 cm³/mol. The number of aromatic hydroxyl groups is 2. The van der Waals surface area contributed by atoms with Gasteiger partial charge in [0.2, 0.25) is 0 Å². The SMILES string of the molecule is Oc1cnc(-c2ccc(O)c(C[C@H]3CO3)c2)nc1. The zero-order valence-electron chi connectivity index (χ0n) is 9.58. The molecule has 18 heavy (non-hydrogen) atoms. The van der Waals surface area contributed by atoms with Crippen LogP contribution in [-0.2, 0) is 11.2 Å². The molecule has 1 aromatic heterocycles. The number of hydrogen-bond acceptors (Lipinski definition) is 5. The van der Waals surface area contributed by atoms with E-state index >= 15 is 0 Å². The zero-order valence-corrected chi connectivity index (χ0v) is 9.58. The summed E-state index contributed by atoms with van der Waals surface area (Å²) in [6, 6.07) is 5.23. The Morgan fingerprint density at radius 3 is 2.61 bits per heavy atom. The van der Waals surface area contributed by atoms with Crippen LogP contribution in [0.3, 0.4) is 0 Å². The van der Waals surface area contributed by atoms with Crippen LogP contribution in [0, 0.1) is 0 Å². The fraction of sp³-hybridized carbons (Fsp3) is 0.231. The summed E-state index contributed by atoms with van der Waals surface area (Å²) < 4.78 is 5.15. The van der Waals surface area contributed by atoms with Gasteiger partial charge in [0.15, 0.2) is 11.6 Å². The average molecular weight is 244 g/mol. The number of phenolic OH excluding ortho intramolecular Hbond substituents is 1. The molecule has 5 nitrogen and oxygen atoms in total. The third-order valence-corrected chi connectivity index (χ3v) is 2.83. The third kappa shape index (κ3) is 2.26. The Hall–Kier alpha value is -2.14. The highest BCUT2D eigenvalue weighted by Crippen LogP contribution is 2.27. The van der Waals surface area contributed by atoms with Crippen LogP contribution in [0.4, 0.5) is 0 Å². The van der Waals surface area contributed by atoms with Crippen molar-refractivity contribution in [2.24, 2.45) is 0 Å². The number of hydrogen-bond donors (Lipinski definition) is 2. The summed E-state index contributed by atoms with van der Waals surface area (Å²) >= 11 is 0. The molecule has 1 fully saturated rings. The molecule has 1 aliphatic heterocycles. The summed E-state index contributed by atoms with van der Waals surface area (Å²) in [6.07, 6.45) is 3.60. The van der Waals surface area contributed by atoms with Gasteiger partial charge in [-0.1, -0.05) is 0 Å². The first-order chi connectivity index (χ1) is 8.72. The molecule has 3 rings (SSSR count). The number of nitrogens with zero attached hydrogens (tertiary/aromatic N) is 2. The minimum Gasteiger partial charge on any atom is -0.508 e. The summed E-state index contributed by atoms with van der Waals surface area (Å²) in [5.41, 5.74) is 1.63. The molecule has 5 heteroatoms. The molecule has 2 aromatic rings. The lowest BCUT2D eigenvalue weighted by Gasteiger charge is -2.06. The lowest BCUT2D eigenvalue weighted by Crippen LogP contribution is -1.95. The molecule has 92 valence electrons. The molecule has 0 radical (unpaired) electrons. The van der Waals surface area contributed by atoms with Gasteiger partial charge < -0.3 is 14.9 Å². The van der Waals surface area contributed by atoms with Crippen LogP contribution >= 0.6 is 0 Å². The standard InChI is InChI=1S/C13H12N2O3/c16-10-5-14-13(15-6-10)8-1-2-12(17)9(3-8)4-11-7-18-11/h1-3,5-6,11,16-17H,4,7H2/t11-/m0/s1. The molecule has 1 saturated heterocycles. The molecule has 1 aromatic carbocycles. The third-order valence-electron chi connectivity index (χ3n) is 2.83. The van der Waals surface area contributed by atoms with Crippen molar-refractivity contribution in [1.29, 1.82) is 0 Å². The molecule has 2 heterocycles. The van der Waals surface area contributed by atoms with Crippen molar-refractivity contribution >= 4 is 0 Å². The quantitative estimate of drug-likeness (QED) is 0.800. The Bertz CT molecular complexity index is 565. The molecule has 1 atom stereocenters. The maximum Gasteiger partial charge on any atom is 0.159 e. The number of benzene rings is 1. The van der Waals surface area contributed by atoms with Crippen LogP contribution in [-0.4, -0.2) is 32.9 Å². The van der Waals surface area contributed by atoms with Crippen molar-refractivity contribution in [3.8, 4) is 22.9 Å². The van der Waals surface area contributed by atoms with E-state index in [0.29, 0.717) is 12.2 Å². The van der Waals surface area contributed by atoms with Crippen molar-refractivity contribution in [2.45, 2.75) is 12.5 Å².